The lowest BCUT2D eigenvalue weighted by molar-refractivity contribution is -0.158. The summed E-state index contributed by atoms with van der Waals surface area (Å²) in [5.41, 5.74) is -0.331. The maximum Gasteiger partial charge on any atom is 0.326 e. The van der Waals surface area contributed by atoms with Crippen molar-refractivity contribution in [1.82, 2.24) is 5.32 Å². The van der Waals surface area contributed by atoms with Crippen LogP contribution >= 0.6 is 11.3 Å². The first-order chi connectivity index (χ1) is 9.19. The van der Waals surface area contributed by atoms with Crippen LogP contribution in [0, 0.1) is 0 Å². The van der Waals surface area contributed by atoms with E-state index in [1.807, 2.05) is 0 Å². The predicted molar refractivity (Wildman–Crippen MR) is 73.7 cm³/mol. The minimum Gasteiger partial charge on any atom is -0.480 e. The predicted octanol–water partition coefficient (Wildman–Crippen LogP) is 1.66. The molecule has 0 aliphatic carbocycles. The number of carboxylic acid groups (broad SMARTS) is 1. The molecule has 6 nitrogen and oxygen atoms in total. The van der Waals surface area contributed by atoms with Crippen molar-refractivity contribution < 1.29 is 24.2 Å². The highest BCUT2D eigenvalue weighted by Crippen LogP contribution is 2.10. The van der Waals surface area contributed by atoms with E-state index in [0.29, 0.717) is 5.56 Å². The van der Waals surface area contributed by atoms with E-state index in [4.69, 9.17) is 9.84 Å². The van der Waals surface area contributed by atoms with Crippen LogP contribution < -0.4 is 5.32 Å². The zero-order valence-electron chi connectivity index (χ0n) is 11.5. The fourth-order valence-electron chi connectivity index (χ4n) is 1.39. The number of hydrogen-bond donors (Lipinski definition) is 2. The molecule has 0 bridgehead atoms. The van der Waals surface area contributed by atoms with Crippen LogP contribution in [0.2, 0.25) is 0 Å². The second-order valence-corrected chi connectivity index (χ2v) is 5.95. The number of aliphatic carboxylic acids is 1. The number of hydrogen-bond acceptors (Lipinski definition) is 5. The van der Waals surface area contributed by atoms with Crippen molar-refractivity contribution in [3.8, 4) is 0 Å². The quantitative estimate of drug-likeness (QED) is 0.807. The van der Waals surface area contributed by atoms with Crippen molar-refractivity contribution in [1.29, 1.82) is 0 Å². The maximum absolute atomic E-state index is 11.8. The van der Waals surface area contributed by atoms with Crippen LogP contribution in [-0.2, 0) is 14.3 Å². The molecule has 0 fully saturated rings. The van der Waals surface area contributed by atoms with E-state index in [9.17, 15) is 14.4 Å². The number of carboxylic acids is 1. The highest BCUT2D eigenvalue weighted by atomic mass is 32.1. The highest BCUT2D eigenvalue weighted by Gasteiger charge is 2.26. The van der Waals surface area contributed by atoms with Crippen LogP contribution in [0.1, 0.15) is 37.6 Å². The molecule has 2 N–H and O–H groups in total. The van der Waals surface area contributed by atoms with Gasteiger partial charge in [0.25, 0.3) is 5.91 Å². The smallest absolute Gasteiger partial charge is 0.326 e. The number of nitrogens with one attached hydrogen (secondary N) is 1. The summed E-state index contributed by atoms with van der Waals surface area (Å²) in [6, 6.07) is 0.268. The third kappa shape index (κ3) is 5.40. The Balaban J connectivity index is 2.64. The molecule has 0 unspecified atom stereocenters. The van der Waals surface area contributed by atoms with Crippen molar-refractivity contribution >= 4 is 29.2 Å². The molecule has 0 spiro atoms. The molecule has 0 radical (unpaired) electrons. The van der Waals surface area contributed by atoms with E-state index in [2.05, 4.69) is 5.32 Å². The third-order valence-electron chi connectivity index (χ3n) is 2.18. The van der Waals surface area contributed by atoms with Gasteiger partial charge in [-0.3, -0.25) is 9.59 Å². The third-order valence-corrected chi connectivity index (χ3v) is 2.86. The van der Waals surface area contributed by atoms with E-state index in [1.165, 1.54) is 11.3 Å². The molecule has 110 valence electrons. The van der Waals surface area contributed by atoms with Gasteiger partial charge in [0.2, 0.25) is 0 Å². The van der Waals surface area contributed by atoms with Crippen LogP contribution in [-0.4, -0.2) is 34.6 Å². The summed E-state index contributed by atoms with van der Waals surface area (Å²) < 4.78 is 5.04. The molecule has 7 heteroatoms. The molecular formula is C13H17NO5S. The topological polar surface area (TPSA) is 92.7 Å². The van der Waals surface area contributed by atoms with Crippen molar-refractivity contribution in [2.45, 2.75) is 38.8 Å². The van der Waals surface area contributed by atoms with Gasteiger partial charge >= 0.3 is 11.9 Å². The number of carbonyl (C=O) groups excluding carboxylic acids is 2. The number of ether oxygens (including phenoxy) is 1. The number of amides is 1. The Labute approximate surface area is 120 Å². The zero-order valence-corrected chi connectivity index (χ0v) is 12.3. The number of thiophene rings is 1. The summed E-state index contributed by atoms with van der Waals surface area (Å²) in [7, 11) is 0. The molecule has 0 aliphatic heterocycles. The Morgan fingerprint density at radius 1 is 1.40 bits per heavy atom. The van der Waals surface area contributed by atoms with Gasteiger partial charge in [-0.1, -0.05) is 0 Å². The average Bonchev–Trinajstić information content (AvgIpc) is 2.78. The van der Waals surface area contributed by atoms with Crippen LogP contribution in [0.25, 0.3) is 0 Å². The second-order valence-electron chi connectivity index (χ2n) is 5.17. The summed E-state index contributed by atoms with van der Waals surface area (Å²) in [5.74, 6) is -2.47. The molecule has 1 rings (SSSR count). The first kappa shape index (κ1) is 16.2. The largest absolute Gasteiger partial charge is 0.480 e. The first-order valence-electron chi connectivity index (χ1n) is 5.97. The molecule has 0 aliphatic rings. The summed E-state index contributed by atoms with van der Waals surface area (Å²) in [6.07, 6.45) is -0.414. The molecule has 1 aromatic heterocycles. The van der Waals surface area contributed by atoms with Gasteiger partial charge in [-0.05, 0) is 32.2 Å². The van der Waals surface area contributed by atoms with Crippen molar-refractivity contribution in [2.75, 3.05) is 0 Å². The fourth-order valence-corrected chi connectivity index (χ4v) is 2.02. The zero-order chi connectivity index (χ0) is 15.3. The standard InChI is InChI=1S/C13H17NO5S/c1-13(2,3)19-10(15)6-9(12(17)18)14-11(16)8-4-5-20-7-8/h4-5,7,9H,6H2,1-3H3,(H,14,16)(H,17,18)/t9-/m0/s1. The van der Waals surface area contributed by atoms with Gasteiger partial charge in [-0.2, -0.15) is 11.3 Å². The number of rotatable bonds is 5. The summed E-state index contributed by atoms with van der Waals surface area (Å²) in [4.78, 5) is 34.5. The number of esters is 1. The Kier molecular flexibility index (Phi) is 5.26. The normalized spacial score (nSPS) is 12.6. The minimum atomic E-state index is -1.31. The summed E-state index contributed by atoms with van der Waals surface area (Å²) in [5, 5.41) is 14.7. The molecule has 1 heterocycles. The average molecular weight is 299 g/mol. The fraction of sp³-hybridized carbons (Fsp3) is 0.462. The van der Waals surface area contributed by atoms with Crippen LogP contribution in [0.4, 0.5) is 0 Å². The van der Waals surface area contributed by atoms with E-state index in [1.54, 1.807) is 37.6 Å². The van der Waals surface area contributed by atoms with E-state index < -0.39 is 35.9 Å². The minimum absolute atomic E-state index is 0.366. The van der Waals surface area contributed by atoms with E-state index >= 15 is 0 Å². The Hall–Kier alpha value is -1.89. The van der Waals surface area contributed by atoms with Crippen molar-refractivity contribution in [3.05, 3.63) is 22.4 Å². The second kappa shape index (κ2) is 6.51. The maximum atomic E-state index is 11.8. The van der Waals surface area contributed by atoms with Gasteiger partial charge in [0.15, 0.2) is 0 Å². The molecular weight excluding hydrogens is 282 g/mol. The van der Waals surface area contributed by atoms with Gasteiger partial charge in [-0.15, -0.1) is 0 Å². The van der Waals surface area contributed by atoms with Crippen molar-refractivity contribution in [2.24, 2.45) is 0 Å². The molecule has 0 saturated carbocycles. The SMILES string of the molecule is CC(C)(C)OC(=O)C[C@H](NC(=O)c1ccsc1)C(=O)O. The van der Waals surface area contributed by atoms with Crippen LogP contribution in [0.5, 0.6) is 0 Å². The van der Waals surface area contributed by atoms with Gasteiger partial charge in [0, 0.05) is 5.38 Å². The molecule has 1 amide bonds. The Morgan fingerprint density at radius 3 is 2.50 bits per heavy atom. The van der Waals surface area contributed by atoms with Gasteiger partial charge < -0.3 is 15.2 Å². The lowest BCUT2D eigenvalue weighted by atomic mass is 10.1. The molecule has 1 atom stereocenters. The summed E-state index contributed by atoms with van der Waals surface area (Å²) in [6.45, 7) is 5.06. The number of carbonyl (C=O) groups is 3. The Bertz CT molecular complexity index is 489. The monoisotopic (exact) mass is 299 g/mol. The molecule has 20 heavy (non-hydrogen) atoms. The molecule has 1 aromatic rings. The van der Waals surface area contributed by atoms with Gasteiger partial charge in [0.05, 0.1) is 12.0 Å². The Morgan fingerprint density at radius 2 is 2.05 bits per heavy atom. The lowest BCUT2D eigenvalue weighted by Crippen LogP contribution is -2.43. The lowest BCUT2D eigenvalue weighted by Gasteiger charge is -2.21. The summed E-state index contributed by atoms with van der Waals surface area (Å²) >= 11 is 1.33. The van der Waals surface area contributed by atoms with Gasteiger partial charge in [0.1, 0.15) is 11.6 Å². The van der Waals surface area contributed by atoms with Gasteiger partial charge in [-0.25, -0.2) is 4.79 Å². The van der Waals surface area contributed by atoms with Crippen molar-refractivity contribution in [3.63, 3.8) is 0 Å². The molecule has 0 saturated heterocycles. The molecule has 0 aromatic carbocycles. The highest BCUT2D eigenvalue weighted by molar-refractivity contribution is 7.08. The van der Waals surface area contributed by atoms with E-state index in [-0.39, 0.29) is 0 Å². The first-order valence-corrected chi connectivity index (χ1v) is 6.91. The van der Waals surface area contributed by atoms with E-state index in [0.717, 1.165) is 0 Å². The van der Waals surface area contributed by atoms with Crippen LogP contribution in [0.3, 0.4) is 0 Å². The van der Waals surface area contributed by atoms with Crippen LogP contribution in [0.15, 0.2) is 16.8 Å².